The number of para-hydroxylation sites is 1. The van der Waals surface area contributed by atoms with Crippen LogP contribution >= 0.6 is 0 Å². The maximum atomic E-state index is 13.3. The van der Waals surface area contributed by atoms with Gasteiger partial charge in [-0.05, 0) is 30.7 Å². The van der Waals surface area contributed by atoms with E-state index in [0.717, 1.165) is 16.5 Å². The molecule has 0 radical (unpaired) electrons. The van der Waals surface area contributed by atoms with Crippen LogP contribution in [0.3, 0.4) is 0 Å². The van der Waals surface area contributed by atoms with E-state index >= 15 is 0 Å². The highest BCUT2D eigenvalue weighted by molar-refractivity contribution is 6.11. The number of carbonyl (C=O) groups excluding carboxylic acids is 3. The molecule has 2 aromatic rings. The number of halogens is 1. The Labute approximate surface area is 155 Å². The second-order valence-corrected chi connectivity index (χ2v) is 6.58. The summed E-state index contributed by atoms with van der Waals surface area (Å²) < 4.78 is 18.6. The van der Waals surface area contributed by atoms with Crippen LogP contribution in [0.1, 0.15) is 22.8 Å². The van der Waals surface area contributed by atoms with Crippen LogP contribution in [0.15, 0.2) is 48.5 Å². The lowest BCUT2D eigenvalue weighted by molar-refractivity contribution is -0.130. The molecule has 1 fully saturated rings. The summed E-state index contributed by atoms with van der Waals surface area (Å²) in [6.07, 6.45) is 0.215. The minimum atomic E-state index is -1.20. The number of Topliss-reactive ketones (excluding diaryl/α,β-unsaturated/α-hetero) is 1. The normalized spacial score (nSPS) is 19.1. The van der Waals surface area contributed by atoms with E-state index in [0.29, 0.717) is 5.75 Å². The van der Waals surface area contributed by atoms with Gasteiger partial charge in [0.2, 0.25) is 0 Å². The van der Waals surface area contributed by atoms with Crippen molar-refractivity contribution in [1.29, 1.82) is 0 Å². The Bertz CT molecular complexity index is 914. The van der Waals surface area contributed by atoms with Crippen molar-refractivity contribution >= 4 is 17.7 Å². The highest BCUT2D eigenvalue weighted by atomic mass is 19.1. The monoisotopic (exact) mass is 370 g/mol. The number of amides is 3. The van der Waals surface area contributed by atoms with Gasteiger partial charge in [0.15, 0.2) is 5.78 Å². The summed E-state index contributed by atoms with van der Waals surface area (Å²) in [6.45, 7) is 1.15. The lowest BCUT2D eigenvalue weighted by Gasteiger charge is -2.22. The molecule has 0 aromatic heterocycles. The molecule has 140 valence electrons. The molecule has 3 amide bonds. The third kappa shape index (κ3) is 3.67. The highest BCUT2D eigenvalue weighted by Crippen LogP contribution is 2.27. The van der Waals surface area contributed by atoms with Crippen molar-refractivity contribution in [2.45, 2.75) is 18.9 Å². The second-order valence-electron chi connectivity index (χ2n) is 6.58. The molecule has 2 aromatic carbocycles. The predicted molar refractivity (Wildman–Crippen MR) is 96.1 cm³/mol. The van der Waals surface area contributed by atoms with Gasteiger partial charge in [0.1, 0.15) is 17.1 Å². The van der Waals surface area contributed by atoms with Crippen LogP contribution in [0.25, 0.3) is 0 Å². The van der Waals surface area contributed by atoms with Crippen molar-refractivity contribution in [2.75, 3.05) is 13.7 Å². The lowest BCUT2D eigenvalue weighted by atomic mass is 9.92. The number of ketones is 1. The van der Waals surface area contributed by atoms with Crippen LogP contribution in [0.4, 0.5) is 9.18 Å². The Hall–Kier alpha value is -3.22. The predicted octanol–water partition coefficient (Wildman–Crippen LogP) is 2.57. The Kier molecular flexibility index (Phi) is 4.94. The topological polar surface area (TPSA) is 75.7 Å². The Morgan fingerprint density at radius 3 is 2.63 bits per heavy atom. The third-order valence-electron chi connectivity index (χ3n) is 4.53. The first-order valence-corrected chi connectivity index (χ1v) is 8.39. The fraction of sp³-hybridized carbons (Fsp3) is 0.250. The number of hydrogen-bond acceptors (Lipinski definition) is 4. The molecule has 0 unspecified atom stereocenters. The SMILES string of the molecule is COc1ccccc1C[C@]1(C)NC(=O)N(CC(=O)c2cccc(F)c2)C1=O. The maximum Gasteiger partial charge on any atom is 0.325 e. The third-order valence-corrected chi connectivity index (χ3v) is 4.53. The van der Waals surface area contributed by atoms with Gasteiger partial charge in [-0.15, -0.1) is 0 Å². The molecule has 27 heavy (non-hydrogen) atoms. The van der Waals surface area contributed by atoms with E-state index in [1.807, 2.05) is 18.2 Å². The van der Waals surface area contributed by atoms with E-state index in [4.69, 9.17) is 4.74 Å². The minimum Gasteiger partial charge on any atom is -0.496 e. The van der Waals surface area contributed by atoms with Gasteiger partial charge in [-0.25, -0.2) is 9.18 Å². The van der Waals surface area contributed by atoms with Crippen LogP contribution in [-0.2, 0) is 11.2 Å². The number of urea groups is 1. The van der Waals surface area contributed by atoms with Gasteiger partial charge >= 0.3 is 6.03 Å². The number of nitrogens with zero attached hydrogens (tertiary/aromatic N) is 1. The van der Waals surface area contributed by atoms with E-state index in [2.05, 4.69) is 5.32 Å². The molecule has 1 heterocycles. The van der Waals surface area contributed by atoms with Crippen LogP contribution in [0.2, 0.25) is 0 Å². The molecule has 1 aliphatic heterocycles. The number of ether oxygens (including phenoxy) is 1. The van der Waals surface area contributed by atoms with Crippen molar-refractivity contribution in [3.8, 4) is 5.75 Å². The first-order valence-electron chi connectivity index (χ1n) is 8.39. The second kappa shape index (κ2) is 7.19. The molecular formula is C20H19FN2O4. The van der Waals surface area contributed by atoms with Gasteiger partial charge in [-0.2, -0.15) is 0 Å². The Morgan fingerprint density at radius 2 is 1.93 bits per heavy atom. The molecule has 3 rings (SSSR count). The molecular weight excluding hydrogens is 351 g/mol. The van der Waals surface area contributed by atoms with Crippen LogP contribution < -0.4 is 10.1 Å². The van der Waals surface area contributed by atoms with Gasteiger partial charge in [-0.3, -0.25) is 14.5 Å². The lowest BCUT2D eigenvalue weighted by Crippen LogP contribution is -2.46. The zero-order valence-corrected chi connectivity index (χ0v) is 15.0. The van der Waals surface area contributed by atoms with Crippen molar-refractivity contribution in [3.63, 3.8) is 0 Å². The summed E-state index contributed by atoms with van der Waals surface area (Å²) in [6, 6.07) is 11.7. The van der Waals surface area contributed by atoms with E-state index < -0.39 is 35.6 Å². The summed E-state index contributed by atoms with van der Waals surface area (Å²) in [7, 11) is 1.53. The van der Waals surface area contributed by atoms with Crippen molar-refractivity contribution in [2.24, 2.45) is 0 Å². The van der Waals surface area contributed by atoms with Gasteiger partial charge in [-0.1, -0.05) is 30.3 Å². The van der Waals surface area contributed by atoms with Crippen molar-refractivity contribution in [3.05, 3.63) is 65.5 Å². The fourth-order valence-corrected chi connectivity index (χ4v) is 3.14. The first-order chi connectivity index (χ1) is 12.8. The van der Waals surface area contributed by atoms with Crippen LogP contribution in [-0.4, -0.2) is 41.8 Å². The summed E-state index contributed by atoms with van der Waals surface area (Å²) in [5, 5.41) is 2.65. The number of benzene rings is 2. The van der Waals surface area contributed by atoms with Crippen LogP contribution in [0.5, 0.6) is 5.75 Å². The summed E-state index contributed by atoms with van der Waals surface area (Å²) in [4.78, 5) is 38.4. The molecule has 0 spiro atoms. The van der Waals surface area contributed by atoms with Gasteiger partial charge < -0.3 is 10.1 Å². The number of hydrogen-bond donors (Lipinski definition) is 1. The molecule has 6 nitrogen and oxygen atoms in total. The van der Waals surface area contributed by atoms with E-state index in [1.165, 1.54) is 25.3 Å². The van der Waals surface area contributed by atoms with E-state index in [9.17, 15) is 18.8 Å². The number of rotatable bonds is 6. The molecule has 1 N–H and O–H groups in total. The van der Waals surface area contributed by atoms with E-state index in [-0.39, 0.29) is 12.0 Å². The smallest absolute Gasteiger partial charge is 0.325 e. The Morgan fingerprint density at radius 1 is 1.19 bits per heavy atom. The van der Waals surface area contributed by atoms with Crippen molar-refractivity contribution < 1.29 is 23.5 Å². The number of nitrogens with one attached hydrogen (secondary N) is 1. The molecule has 0 aliphatic carbocycles. The van der Waals surface area contributed by atoms with Crippen molar-refractivity contribution in [1.82, 2.24) is 10.2 Å². The van der Waals surface area contributed by atoms with Gasteiger partial charge in [0.05, 0.1) is 13.7 Å². The summed E-state index contributed by atoms with van der Waals surface area (Å²) in [5.74, 6) is -0.975. The largest absolute Gasteiger partial charge is 0.496 e. The standard InChI is InChI=1S/C20H19FN2O4/c1-20(11-14-6-3-4-9-17(14)27-2)18(25)23(19(26)22-20)12-16(24)13-7-5-8-15(21)10-13/h3-10H,11-12H2,1-2H3,(H,22,26)/t20-/m0/s1. The molecule has 1 aliphatic rings. The number of carbonyl (C=O) groups is 3. The zero-order chi connectivity index (χ0) is 19.6. The quantitative estimate of drug-likeness (QED) is 0.626. The van der Waals surface area contributed by atoms with Gasteiger partial charge in [0, 0.05) is 12.0 Å². The van der Waals surface area contributed by atoms with Gasteiger partial charge in [0.25, 0.3) is 5.91 Å². The average Bonchev–Trinajstić information content (AvgIpc) is 2.85. The summed E-state index contributed by atoms with van der Waals surface area (Å²) in [5.41, 5.74) is -0.336. The molecule has 1 atom stereocenters. The first kappa shape index (κ1) is 18.6. The highest BCUT2D eigenvalue weighted by Gasteiger charge is 2.48. The van der Waals surface area contributed by atoms with E-state index in [1.54, 1.807) is 13.0 Å². The van der Waals surface area contributed by atoms with Crippen LogP contribution in [0, 0.1) is 5.82 Å². The number of methoxy groups -OCH3 is 1. The Balaban J connectivity index is 1.79. The molecule has 0 bridgehead atoms. The summed E-state index contributed by atoms with van der Waals surface area (Å²) >= 11 is 0. The average molecular weight is 370 g/mol. The molecule has 0 saturated carbocycles. The zero-order valence-electron chi connectivity index (χ0n) is 15.0. The maximum absolute atomic E-state index is 13.3. The fourth-order valence-electron chi connectivity index (χ4n) is 3.14. The number of imide groups is 1. The molecule has 1 saturated heterocycles. The molecule has 7 heteroatoms. The minimum absolute atomic E-state index is 0.105.